The molecule has 0 saturated carbocycles. The van der Waals surface area contributed by atoms with E-state index in [9.17, 15) is 4.79 Å². The van der Waals surface area contributed by atoms with Crippen molar-refractivity contribution >= 4 is 45.1 Å². The molecule has 3 rings (SSSR count). The lowest BCUT2D eigenvalue weighted by Gasteiger charge is -2.22. The number of benzene rings is 1. The lowest BCUT2D eigenvalue weighted by atomic mass is 9.96. The van der Waals surface area contributed by atoms with Crippen LogP contribution in [0.4, 0.5) is 0 Å². The maximum atomic E-state index is 12.3. The van der Waals surface area contributed by atoms with Crippen molar-refractivity contribution < 1.29 is 4.79 Å². The zero-order chi connectivity index (χ0) is 17.1. The molecule has 2 nitrogen and oxygen atoms in total. The highest BCUT2D eigenvalue weighted by molar-refractivity contribution is 9.09. The second-order valence-electron chi connectivity index (χ2n) is 6.26. The molecule has 0 N–H and O–H groups in total. The highest BCUT2D eigenvalue weighted by Crippen LogP contribution is 2.30. The highest BCUT2D eigenvalue weighted by Gasteiger charge is 2.21. The summed E-state index contributed by atoms with van der Waals surface area (Å²) < 4.78 is 2.23. The number of ketones is 1. The number of nitrogens with zero attached hydrogens (tertiary/aromatic N) is 1. The smallest absolute Gasteiger partial charge is 0.175 e. The molecule has 0 amide bonds. The van der Waals surface area contributed by atoms with E-state index < -0.39 is 0 Å². The first kappa shape index (κ1) is 18.1. The summed E-state index contributed by atoms with van der Waals surface area (Å²) in [7, 11) is 0. The molecular weight excluding hydrogens is 406 g/mol. The Kier molecular flexibility index (Phi) is 6.12. The Morgan fingerprint density at radius 2 is 1.96 bits per heavy atom. The van der Waals surface area contributed by atoms with Crippen molar-refractivity contribution in [3.05, 3.63) is 52.3 Å². The summed E-state index contributed by atoms with van der Waals surface area (Å²) in [6, 6.07) is 9.96. The van der Waals surface area contributed by atoms with E-state index >= 15 is 0 Å². The second kappa shape index (κ2) is 8.11. The summed E-state index contributed by atoms with van der Waals surface area (Å²) in [4.78, 5) is 12.3. The predicted octanol–water partition coefficient (Wildman–Crippen LogP) is 5.70. The highest BCUT2D eigenvalue weighted by atomic mass is 79.9. The molecule has 2 aromatic rings. The monoisotopic (exact) mass is 425 g/mol. The lowest BCUT2D eigenvalue weighted by Crippen LogP contribution is -2.14. The predicted molar refractivity (Wildman–Crippen MR) is 107 cm³/mol. The molecule has 2 heterocycles. The molecule has 1 saturated heterocycles. The molecule has 1 aliphatic rings. The van der Waals surface area contributed by atoms with E-state index in [1.165, 1.54) is 30.0 Å². The minimum atomic E-state index is 0.140. The van der Waals surface area contributed by atoms with E-state index in [2.05, 4.69) is 26.6 Å². The van der Waals surface area contributed by atoms with E-state index in [0.717, 1.165) is 28.4 Å². The summed E-state index contributed by atoms with van der Waals surface area (Å²) in [5.41, 5.74) is 4.14. The number of hydrogen-bond acceptors (Lipinski definition) is 2. The van der Waals surface area contributed by atoms with E-state index in [4.69, 9.17) is 11.6 Å². The fraction of sp³-hybridized carbons (Fsp3) is 0.421. The average Bonchev–Trinajstić information content (AvgIpc) is 2.92. The Bertz CT molecular complexity index is 720. The minimum Gasteiger partial charge on any atom is -0.317 e. The molecule has 0 aliphatic carbocycles. The molecule has 0 unspecified atom stereocenters. The molecular formula is C19H21BrClNOS. The average molecular weight is 427 g/mol. The van der Waals surface area contributed by atoms with Gasteiger partial charge in [0.2, 0.25) is 0 Å². The third kappa shape index (κ3) is 3.92. The molecule has 1 aliphatic heterocycles. The number of halogens is 2. The van der Waals surface area contributed by atoms with Crippen molar-refractivity contribution in [2.75, 3.05) is 16.8 Å². The maximum Gasteiger partial charge on any atom is 0.175 e. The van der Waals surface area contributed by atoms with Crippen LogP contribution in [-0.2, 0) is 6.42 Å². The van der Waals surface area contributed by atoms with Crippen molar-refractivity contribution in [2.24, 2.45) is 5.92 Å². The van der Waals surface area contributed by atoms with Gasteiger partial charge < -0.3 is 4.57 Å². The van der Waals surface area contributed by atoms with Crippen molar-refractivity contribution in [3.63, 3.8) is 0 Å². The number of hydrogen-bond donors (Lipinski definition) is 0. The molecule has 0 bridgehead atoms. The normalized spacial score (nSPS) is 15.6. The molecule has 128 valence electrons. The van der Waals surface area contributed by atoms with E-state index in [1.54, 1.807) is 0 Å². The molecule has 0 spiro atoms. The molecule has 1 aromatic carbocycles. The number of carbonyl (C=O) groups is 1. The van der Waals surface area contributed by atoms with Gasteiger partial charge in [-0.15, -0.1) is 0 Å². The third-order valence-electron chi connectivity index (χ3n) is 4.67. The van der Waals surface area contributed by atoms with Gasteiger partial charge in [-0.2, -0.15) is 11.8 Å². The van der Waals surface area contributed by atoms with E-state index in [-0.39, 0.29) is 5.78 Å². The Morgan fingerprint density at radius 1 is 1.29 bits per heavy atom. The van der Waals surface area contributed by atoms with Crippen LogP contribution < -0.4 is 0 Å². The van der Waals surface area contributed by atoms with Gasteiger partial charge in [0.15, 0.2) is 5.78 Å². The van der Waals surface area contributed by atoms with Crippen LogP contribution in [0.15, 0.2) is 30.3 Å². The SMILES string of the molecule is Cc1c(C(=O)CBr)cc(CC2CCSCC2)n1-c1ccc(Cl)cc1. The molecule has 0 radical (unpaired) electrons. The van der Waals surface area contributed by atoms with Gasteiger partial charge >= 0.3 is 0 Å². The number of Topliss-reactive ketones (excluding diaryl/α,β-unsaturated/α-hetero) is 1. The van der Waals surface area contributed by atoms with Crippen LogP contribution >= 0.6 is 39.3 Å². The summed E-state index contributed by atoms with van der Waals surface area (Å²) in [6.07, 6.45) is 3.55. The van der Waals surface area contributed by atoms with Crippen LogP contribution in [-0.4, -0.2) is 27.2 Å². The van der Waals surface area contributed by atoms with Crippen LogP contribution in [0.5, 0.6) is 0 Å². The third-order valence-corrected chi connectivity index (χ3v) is 6.48. The fourth-order valence-electron chi connectivity index (χ4n) is 3.37. The topological polar surface area (TPSA) is 22.0 Å². The zero-order valence-electron chi connectivity index (χ0n) is 13.7. The Hall–Kier alpha value is -0.710. The first-order valence-corrected chi connectivity index (χ1v) is 10.9. The van der Waals surface area contributed by atoms with Crippen LogP contribution in [0.2, 0.25) is 5.02 Å². The molecule has 5 heteroatoms. The second-order valence-corrected chi connectivity index (χ2v) is 8.49. The Labute approximate surface area is 161 Å². The first-order chi connectivity index (χ1) is 11.6. The fourth-order valence-corrected chi connectivity index (χ4v) is 5.00. The quantitative estimate of drug-likeness (QED) is 0.452. The van der Waals surface area contributed by atoms with Gasteiger partial charge in [-0.05, 0) is 73.9 Å². The van der Waals surface area contributed by atoms with Crippen molar-refractivity contribution in [1.82, 2.24) is 4.57 Å². The number of carbonyl (C=O) groups excluding carboxylic acids is 1. The summed E-state index contributed by atoms with van der Waals surface area (Å²) in [5.74, 6) is 3.34. The van der Waals surface area contributed by atoms with Gasteiger partial charge in [-0.25, -0.2) is 0 Å². The first-order valence-electron chi connectivity index (χ1n) is 8.24. The van der Waals surface area contributed by atoms with Crippen molar-refractivity contribution in [3.8, 4) is 5.69 Å². The standard InChI is InChI=1S/C19H21BrClNOS/c1-13-18(19(23)12-20)11-17(10-14-6-8-24-9-7-14)22(13)16-4-2-15(21)3-5-16/h2-5,11,14H,6-10,12H2,1H3. The van der Waals surface area contributed by atoms with Gasteiger partial charge in [0.25, 0.3) is 0 Å². The van der Waals surface area contributed by atoms with Crippen LogP contribution in [0.25, 0.3) is 5.69 Å². The van der Waals surface area contributed by atoms with Gasteiger partial charge in [0, 0.05) is 27.7 Å². The summed E-state index contributed by atoms with van der Waals surface area (Å²) in [6.45, 7) is 2.03. The van der Waals surface area contributed by atoms with Crippen molar-refractivity contribution in [1.29, 1.82) is 0 Å². The number of thioether (sulfide) groups is 1. The molecule has 0 atom stereocenters. The zero-order valence-corrected chi connectivity index (χ0v) is 16.9. The van der Waals surface area contributed by atoms with Gasteiger partial charge in [0.05, 0.1) is 5.33 Å². The summed E-state index contributed by atoms with van der Waals surface area (Å²) in [5, 5.41) is 1.09. The number of rotatable bonds is 5. The Morgan fingerprint density at radius 3 is 2.58 bits per heavy atom. The van der Waals surface area contributed by atoms with Crippen LogP contribution in [0, 0.1) is 12.8 Å². The van der Waals surface area contributed by atoms with Gasteiger partial charge in [-0.1, -0.05) is 27.5 Å². The number of alkyl halides is 1. The largest absolute Gasteiger partial charge is 0.317 e. The lowest BCUT2D eigenvalue weighted by molar-refractivity contribution is 0.102. The molecule has 1 fully saturated rings. The van der Waals surface area contributed by atoms with E-state index in [1.807, 2.05) is 43.0 Å². The minimum absolute atomic E-state index is 0.140. The number of aromatic nitrogens is 1. The summed E-state index contributed by atoms with van der Waals surface area (Å²) >= 11 is 11.4. The van der Waals surface area contributed by atoms with Gasteiger partial charge in [0.1, 0.15) is 0 Å². The van der Waals surface area contributed by atoms with Crippen molar-refractivity contribution in [2.45, 2.75) is 26.2 Å². The molecule has 24 heavy (non-hydrogen) atoms. The maximum absolute atomic E-state index is 12.3. The molecule has 1 aromatic heterocycles. The van der Waals surface area contributed by atoms with Crippen LogP contribution in [0.3, 0.4) is 0 Å². The van der Waals surface area contributed by atoms with Crippen LogP contribution in [0.1, 0.15) is 34.6 Å². The van der Waals surface area contributed by atoms with E-state index in [0.29, 0.717) is 11.2 Å². The van der Waals surface area contributed by atoms with Gasteiger partial charge in [-0.3, -0.25) is 4.79 Å². The Balaban J connectivity index is 2.01.